The van der Waals surface area contributed by atoms with Crippen LogP contribution in [0, 0.1) is 29.4 Å². The van der Waals surface area contributed by atoms with Gasteiger partial charge in [-0.15, -0.1) is 0 Å². The van der Waals surface area contributed by atoms with Gasteiger partial charge in [0.2, 0.25) is 0 Å². The Kier molecular flexibility index (Phi) is 7.86. The Morgan fingerprint density at radius 2 is 1.41 bits per heavy atom. The first-order valence-corrected chi connectivity index (χ1v) is 12.7. The van der Waals surface area contributed by atoms with Crippen LogP contribution in [0.4, 0.5) is 14.5 Å². The Hall–Kier alpha value is -1.90. The third-order valence-electron chi connectivity index (χ3n) is 7.92. The Morgan fingerprint density at radius 1 is 0.844 bits per heavy atom. The molecule has 0 aliphatic heterocycles. The van der Waals surface area contributed by atoms with Crippen LogP contribution < -0.4 is 0 Å². The summed E-state index contributed by atoms with van der Waals surface area (Å²) in [4.78, 5) is 3.48. The summed E-state index contributed by atoms with van der Waals surface area (Å²) in [5, 5.41) is 2.03. The summed E-state index contributed by atoms with van der Waals surface area (Å²) < 4.78 is 28.4. The Morgan fingerprint density at radius 3 is 1.94 bits per heavy atom. The molecule has 2 aliphatic carbocycles. The van der Waals surface area contributed by atoms with Crippen molar-refractivity contribution in [2.24, 2.45) is 22.7 Å². The van der Waals surface area contributed by atoms with Gasteiger partial charge in [-0.1, -0.05) is 56.9 Å². The molecular weight excluding hydrogens is 420 g/mol. The van der Waals surface area contributed by atoms with Crippen molar-refractivity contribution >= 4 is 23.1 Å². The molecule has 4 heteroatoms. The van der Waals surface area contributed by atoms with Crippen molar-refractivity contribution in [3.8, 4) is 11.1 Å². The van der Waals surface area contributed by atoms with Gasteiger partial charge < -0.3 is 0 Å². The number of thiocarbonyl (C=S) groups is 1. The number of isothiocyanates is 1. The highest BCUT2D eigenvalue weighted by atomic mass is 32.1. The molecule has 0 spiro atoms. The van der Waals surface area contributed by atoms with Gasteiger partial charge in [-0.05, 0) is 103 Å². The lowest BCUT2D eigenvalue weighted by atomic mass is 9.68. The van der Waals surface area contributed by atoms with Crippen LogP contribution in [0.2, 0.25) is 0 Å². The Bertz CT molecular complexity index is 925. The second kappa shape index (κ2) is 10.8. The molecule has 0 amide bonds. The zero-order valence-electron chi connectivity index (χ0n) is 19.0. The molecule has 2 aliphatic rings. The lowest BCUT2D eigenvalue weighted by molar-refractivity contribution is 0.156. The van der Waals surface area contributed by atoms with E-state index in [1.807, 2.05) is 17.3 Å². The molecule has 0 heterocycles. The molecule has 0 unspecified atom stereocenters. The summed E-state index contributed by atoms with van der Waals surface area (Å²) >= 11 is 4.46. The molecule has 32 heavy (non-hydrogen) atoms. The molecule has 0 saturated heterocycles. The van der Waals surface area contributed by atoms with Crippen LogP contribution in [-0.4, -0.2) is 5.16 Å². The molecule has 2 saturated carbocycles. The van der Waals surface area contributed by atoms with Crippen LogP contribution in [0.3, 0.4) is 0 Å². The number of rotatable bonds is 6. The fraction of sp³-hybridized carbons (Fsp3) is 0.536. The van der Waals surface area contributed by atoms with Gasteiger partial charge in [0.1, 0.15) is 5.69 Å². The number of benzene rings is 2. The van der Waals surface area contributed by atoms with Crippen LogP contribution in [0.5, 0.6) is 0 Å². The standard InChI is InChI=1S/C28H33F2NS/c1-2-3-19-4-6-20(7-5-19)21-8-10-22(11-9-21)23-12-14-24(15-13-23)25-16-26(29)28(31-18-32)27(30)17-25/h12-17,19-22H,2-11H2,1H3. The lowest BCUT2D eigenvalue weighted by Gasteiger charge is -2.38. The van der Waals surface area contributed by atoms with Gasteiger partial charge in [0.15, 0.2) is 11.6 Å². The summed E-state index contributed by atoms with van der Waals surface area (Å²) in [5.74, 6) is 2.00. The summed E-state index contributed by atoms with van der Waals surface area (Å²) in [6.45, 7) is 2.31. The van der Waals surface area contributed by atoms with E-state index in [-0.39, 0.29) is 5.69 Å². The van der Waals surface area contributed by atoms with Gasteiger partial charge >= 0.3 is 0 Å². The molecule has 4 rings (SSSR count). The van der Waals surface area contributed by atoms with E-state index in [0.29, 0.717) is 11.5 Å². The van der Waals surface area contributed by atoms with Crippen molar-refractivity contribution in [1.82, 2.24) is 0 Å². The minimum absolute atomic E-state index is 0.379. The summed E-state index contributed by atoms with van der Waals surface area (Å²) in [7, 11) is 0. The van der Waals surface area contributed by atoms with Crippen molar-refractivity contribution in [3.63, 3.8) is 0 Å². The fourth-order valence-electron chi connectivity index (χ4n) is 6.11. The van der Waals surface area contributed by atoms with Gasteiger partial charge in [-0.3, -0.25) is 0 Å². The van der Waals surface area contributed by atoms with Crippen LogP contribution in [0.25, 0.3) is 11.1 Å². The summed E-state index contributed by atoms with van der Waals surface area (Å²) in [6, 6.07) is 10.8. The van der Waals surface area contributed by atoms with Crippen molar-refractivity contribution in [2.75, 3.05) is 0 Å². The normalized spacial score (nSPS) is 25.8. The first kappa shape index (κ1) is 23.3. The topological polar surface area (TPSA) is 12.4 Å². The van der Waals surface area contributed by atoms with Crippen molar-refractivity contribution in [1.29, 1.82) is 0 Å². The van der Waals surface area contributed by atoms with E-state index in [1.165, 1.54) is 81.9 Å². The molecule has 2 aromatic rings. The predicted octanol–water partition coefficient (Wildman–Crippen LogP) is 9.25. The molecule has 0 bridgehead atoms. The highest BCUT2D eigenvalue weighted by Crippen LogP contribution is 2.44. The second-order valence-corrected chi connectivity index (χ2v) is 9.98. The molecule has 0 aromatic heterocycles. The summed E-state index contributed by atoms with van der Waals surface area (Å²) in [5.41, 5.74) is 2.29. The zero-order valence-corrected chi connectivity index (χ0v) is 19.8. The second-order valence-electron chi connectivity index (χ2n) is 9.79. The minimum atomic E-state index is -0.719. The van der Waals surface area contributed by atoms with E-state index in [0.717, 1.165) is 23.3 Å². The van der Waals surface area contributed by atoms with Crippen LogP contribution in [0.1, 0.15) is 82.6 Å². The van der Waals surface area contributed by atoms with Crippen molar-refractivity contribution < 1.29 is 8.78 Å². The molecule has 0 radical (unpaired) electrons. The van der Waals surface area contributed by atoms with E-state index < -0.39 is 11.6 Å². The number of hydrogen-bond acceptors (Lipinski definition) is 2. The van der Waals surface area contributed by atoms with E-state index >= 15 is 0 Å². The highest BCUT2D eigenvalue weighted by molar-refractivity contribution is 7.78. The molecule has 0 N–H and O–H groups in total. The van der Waals surface area contributed by atoms with Crippen LogP contribution >= 0.6 is 12.2 Å². The van der Waals surface area contributed by atoms with Gasteiger partial charge in [-0.2, -0.15) is 4.99 Å². The molecule has 2 fully saturated rings. The third-order valence-corrected chi connectivity index (χ3v) is 8.01. The number of nitrogens with zero attached hydrogens (tertiary/aromatic N) is 1. The van der Waals surface area contributed by atoms with Crippen molar-refractivity contribution in [2.45, 2.75) is 77.0 Å². The average Bonchev–Trinajstić information content (AvgIpc) is 2.82. The SMILES string of the molecule is CCCC1CCC(C2CCC(c3ccc(-c4cc(F)c(N=C=S)c(F)c4)cc3)CC2)CC1. The lowest BCUT2D eigenvalue weighted by Crippen LogP contribution is -2.25. The maximum absolute atomic E-state index is 14.2. The van der Waals surface area contributed by atoms with Crippen LogP contribution in [0.15, 0.2) is 41.4 Å². The number of halogens is 2. The smallest absolute Gasteiger partial charge is 0.153 e. The Balaban J connectivity index is 1.35. The molecular formula is C28H33F2NS. The molecule has 170 valence electrons. The Labute approximate surface area is 196 Å². The van der Waals surface area contributed by atoms with Gasteiger partial charge in [-0.25, -0.2) is 8.78 Å². The zero-order chi connectivity index (χ0) is 22.5. The average molecular weight is 454 g/mol. The van der Waals surface area contributed by atoms with Crippen LogP contribution in [-0.2, 0) is 0 Å². The highest BCUT2D eigenvalue weighted by Gasteiger charge is 2.31. The van der Waals surface area contributed by atoms with E-state index in [1.54, 1.807) is 0 Å². The van der Waals surface area contributed by atoms with Gasteiger partial charge in [0, 0.05) is 0 Å². The quantitative estimate of drug-likeness (QED) is 0.313. The minimum Gasteiger partial charge on any atom is -0.204 e. The molecule has 0 atom stereocenters. The monoisotopic (exact) mass is 453 g/mol. The number of aliphatic imine (C=N–C) groups is 1. The van der Waals surface area contributed by atoms with Gasteiger partial charge in [0.05, 0.1) is 5.16 Å². The largest absolute Gasteiger partial charge is 0.204 e. The first-order chi connectivity index (χ1) is 15.6. The third kappa shape index (κ3) is 5.35. The van der Waals surface area contributed by atoms with E-state index in [9.17, 15) is 8.78 Å². The van der Waals surface area contributed by atoms with E-state index in [4.69, 9.17) is 0 Å². The van der Waals surface area contributed by atoms with Crippen molar-refractivity contribution in [3.05, 3.63) is 53.6 Å². The molecule has 1 nitrogen and oxygen atoms in total. The number of hydrogen-bond donors (Lipinski definition) is 0. The van der Waals surface area contributed by atoms with E-state index in [2.05, 4.69) is 36.3 Å². The fourth-order valence-corrected chi connectivity index (χ4v) is 6.20. The first-order valence-electron chi connectivity index (χ1n) is 12.3. The molecule has 2 aromatic carbocycles. The summed E-state index contributed by atoms with van der Waals surface area (Å²) in [6.07, 6.45) is 13.7. The maximum atomic E-state index is 14.2. The maximum Gasteiger partial charge on any atom is 0.153 e. The van der Waals surface area contributed by atoms with Gasteiger partial charge in [0.25, 0.3) is 0 Å². The predicted molar refractivity (Wildman–Crippen MR) is 132 cm³/mol.